The smallest absolute Gasteiger partial charge is 0.232 e. The fraction of sp³-hybridized carbons (Fsp3) is 0.429. The van der Waals surface area contributed by atoms with Crippen LogP contribution in [0.25, 0.3) is 5.70 Å². The summed E-state index contributed by atoms with van der Waals surface area (Å²) < 4.78 is 11.4. The van der Waals surface area contributed by atoms with Crippen molar-refractivity contribution in [3.63, 3.8) is 0 Å². The minimum absolute atomic E-state index is 0.0456. The summed E-state index contributed by atoms with van der Waals surface area (Å²) >= 11 is 0. The van der Waals surface area contributed by atoms with Crippen molar-refractivity contribution < 1.29 is 14.3 Å². The summed E-state index contributed by atoms with van der Waals surface area (Å²) in [5.41, 5.74) is 14.5. The molecule has 0 radical (unpaired) electrons. The van der Waals surface area contributed by atoms with Gasteiger partial charge in [0.05, 0.1) is 25.1 Å². The lowest BCUT2D eigenvalue weighted by Gasteiger charge is -2.33. The van der Waals surface area contributed by atoms with Gasteiger partial charge in [-0.1, -0.05) is 25.8 Å². The third kappa shape index (κ3) is 7.50. The number of allylic oxidation sites excluding steroid dienone is 3. The zero-order chi connectivity index (χ0) is 26.4. The van der Waals surface area contributed by atoms with Gasteiger partial charge in [-0.2, -0.15) is 0 Å². The highest BCUT2D eigenvalue weighted by Gasteiger charge is 2.33. The number of rotatable bonds is 7. The van der Waals surface area contributed by atoms with Crippen molar-refractivity contribution in [3.05, 3.63) is 72.5 Å². The van der Waals surface area contributed by atoms with Crippen LogP contribution in [-0.2, 0) is 16.1 Å². The van der Waals surface area contributed by atoms with E-state index in [2.05, 4.69) is 38.6 Å². The number of hydrogen-bond acceptors (Lipinski definition) is 6. The summed E-state index contributed by atoms with van der Waals surface area (Å²) in [7, 11) is 0. The standard InChI is InChI=1S/C17H24N4O2.C11H16O/c1-5-23-14-7-6-12(11(2)18)8-13(14)10-21-15(22)9-17(3,4)20-16(21)19;1-5-9-7-8-11(3,4)12-10(9)6-2/h6-8H,2,5,9-10,18H2,1,3-4H3,(H2,19,20);5-6H,1-2,7-8H2,3-4H3. The van der Waals surface area contributed by atoms with Crippen molar-refractivity contribution in [2.24, 2.45) is 16.5 Å². The Morgan fingerprint density at radius 3 is 2.49 bits per heavy atom. The molecule has 0 aromatic heterocycles. The average molecular weight is 481 g/mol. The molecule has 0 fully saturated rings. The molecule has 0 aliphatic carbocycles. The van der Waals surface area contributed by atoms with E-state index in [9.17, 15) is 4.79 Å². The molecule has 0 saturated carbocycles. The molecule has 0 atom stereocenters. The first-order valence-corrected chi connectivity index (χ1v) is 11.9. The van der Waals surface area contributed by atoms with E-state index in [0.717, 1.165) is 29.7 Å². The molecule has 0 bridgehead atoms. The van der Waals surface area contributed by atoms with Gasteiger partial charge in [-0.3, -0.25) is 9.69 Å². The van der Waals surface area contributed by atoms with Crippen LogP contribution in [-0.4, -0.2) is 34.5 Å². The highest BCUT2D eigenvalue weighted by molar-refractivity contribution is 5.99. The van der Waals surface area contributed by atoms with Crippen molar-refractivity contribution in [3.8, 4) is 5.75 Å². The SMILES string of the molecule is C=C(N)c1ccc(OCC)c(CN2C(=O)CC(C)(C)N=C2N)c1.C=CC1=C(C=C)OC(C)(C)CC1. The van der Waals surface area contributed by atoms with Gasteiger partial charge in [0.1, 0.15) is 17.1 Å². The number of ether oxygens (including phenoxy) is 2. The fourth-order valence-corrected chi connectivity index (χ4v) is 3.89. The van der Waals surface area contributed by atoms with E-state index in [1.165, 1.54) is 10.5 Å². The van der Waals surface area contributed by atoms with E-state index in [1.54, 1.807) is 6.08 Å². The van der Waals surface area contributed by atoms with E-state index in [-0.39, 0.29) is 17.5 Å². The molecule has 3 rings (SSSR count). The van der Waals surface area contributed by atoms with Gasteiger partial charge in [0.25, 0.3) is 0 Å². The fourth-order valence-electron chi connectivity index (χ4n) is 3.89. The highest BCUT2D eigenvalue weighted by atomic mass is 16.5. The van der Waals surface area contributed by atoms with Crippen LogP contribution >= 0.6 is 0 Å². The molecular weight excluding hydrogens is 440 g/mol. The molecular formula is C28H40N4O3. The van der Waals surface area contributed by atoms with Gasteiger partial charge in [-0.05, 0) is 82.9 Å². The van der Waals surface area contributed by atoms with Gasteiger partial charge >= 0.3 is 0 Å². The summed E-state index contributed by atoms with van der Waals surface area (Å²) in [5.74, 6) is 1.76. The monoisotopic (exact) mass is 480 g/mol. The summed E-state index contributed by atoms with van der Waals surface area (Å²) in [6.07, 6.45) is 6.02. The number of nitrogens with two attached hydrogens (primary N) is 2. The Hall–Kier alpha value is -3.48. The third-order valence-corrected chi connectivity index (χ3v) is 5.77. The minimum Gasteiger partial charge on any atom is -0.494 e. The van der Waals surface area contributed by atoms with Gasteiger partial charge in [-0.15, -0.1) is 0 Å². The number of benzene rings is 1. The number of hydrogen-bond donors (Lipinski definition) is 2. The number of nitrogens with zero attached hydrogens (tertiary/aromatic N) is 2. The Morgan fingerprint density at radius 1 is 1.26 bits per heavy atom. The maximum absolute atomic E-state index is 12.4. The largest absolute Gasteiger partial charge is 0.494 e. The lowest BCUT2D eigenvalue weighted by Crippen LogP contribution is -2.49. The highest BCUT2D eigenvalue weighted by Crippen LogP contribution is 2.32. The van der Waals surface area contributed by atoms with Crippen LogP contribution in [0.15, 0.2) is 66.4 Å². The van der Waals surface area contributed by atoms with Gasteiger partial charge in [0.2, 0.25) is 5.91 Å². The Kier molecular flexibility index (Phi) is 8.96. The Labute approximate surface area is 209 Å². The van der Waals surface area contributed by atoms with Crippen LogP contribution in [0.3, 0.4) is 0 Å². The first-order chi connectivity index (χ1) is 16.3. The second-order valence-corrected chi connectivity index (χ2v) is 9.88. The van der Waals surface area contributed by atoms with Crippen molar-refractivity contribution in [1.29, 1.82) is 0 Å². The van der Waals surface area contributed by atoms with Crippen LogP contribution in [0.2, 0.25) is 0 Å². The van der Waals surface area contributed by atoms with Crippen molar-refractivity contribution in [2.75, 3.05) is 6.61 Å². The minimum atomic E-state index is -0.464. The van der Waals surface area contributed by atoms with Gasteiger partial charge in [0.15, 0.2) is 5.96 Å². The Balaban J connectivity index is 0.000000303. The predicted molar refractivity (Wildman–Crippen MR) is 144 cm³/mol. The van der Waals surface area contributed by atoms with Crippen LogP contribution in [0.4, 0.5) is 0 Å². The van der Waals surface area contributed by atoms with Crippen molar-refractivity contribution in [2.45, 2.75) is 71.6 Å². The predicted octanol–water partition coefficient (Wildman–Crippen LogP) is 5.04. The molecule has 7 nitrogen and oxygen atoms in total. The maximum atomic E-state index is 12.4. The number of aliphatic imine (C=N–C) groups is 1. The lowest BCUT2D eigenvalue weighted by molar-refractivity contribution is -0.129. The molecule has 1 amide bonds. The molecule has 1 aromatic carbocycles. The Bertz CT molecular complexity index is 1050. The zero-order valence-corrected chi connectivity index (χ0v) is 21.8. The molecule has 35 heavy (non-hydrogen) atoms. The summed E-state index contributed by atoms with van der Waals surface area (Å²) in [6, 6.07) is 5.54. The van der Waals surface area contributed by atoms with Crippen LogP contribution < -0.4 is 16.2 Å². The molecule has 1 aromatic rings. The Morgan fingerprint density at radius 2 is 1.94 bits per heavy atom. The van der Waals surface area contributed by atoms with Crippen molar-refractivity contribution >= 4 is 17.6 Å². The number of amides is 1. The van der Waals surface area contributed by atoms with Crippen LogP contribution in [0, 0.1) is 0 Å². The quantitative estimate of drug-likeness (QED) is 0.569. The van der Waals surface area contributed by atoms with Gasteiger partial charge in [0, 0.05) is 11.3 Å². The number of guanidine groups is 1. The normalized spacial score (nSPS) is 18.5. The average Bonchev–Trinajstić information content (AvgIpc) is 2.76. The molecule has 0 saturated heterocycles. The van der Waals surface area contributed by atoms with Crippen molar-refractivity contribution in [1.82, 2.24) is 4.90 Å². The molecule has 2 heterocycles. The van der Waals surface area contributed by atoms with Crippen LogP contribution in [0.5, 0.6) is 5.75 Å². The van der Waals surface area contributed by atoms with Gasteiger partial charge in [-0.25, -0.2) is 4.99 Å². The summed E-state index contributed by atoms with van der Waals surface area (Å²) in [4.78, 5) is 18.3. The van der Waals surface area contributed by atoms with E-state index < -0.39 is 5.54 Å². The first-order valence-electron chi connectivity index (χ1n) is 11.9. The molecule has 4 N–H and O–H groups in total. The van der Waals surface area contributed by atoms with E-state index in [4.69, 9.17) is 20.9 Å². The third-order valence-electron chi connectivity index (χ3n) is 5.77. The number of carbonyl (C=O) groups is 1. The number of carbonyl (C=O) groups excluding carboxylic acids is 1. The molecule has 7 heteroatoms. The molecule has 2 aliphatic rings. The molecule has 2 aliphatic heterocycles. The molecule has 0 unspecified atom stereocenters. The van der Waals surface area contributed by atoms with E-state index in [1.807, 2.05) is 45.0 Å². The second kappa shape index (κ2) is 11.3. The molecule has 190 valence electrons. The zero-order valence-electron chi connectivity index (χ0n) is 21.8. The van der Waals surface area contributed by atoms with Crippen LogP contribution in [0.1, 0.15) is 65.0 Å². The van der Waals surface area contributed by atoms with E-state index >= 15 is 0 Å². The summed E-state index contributed by atoms with van der Waals surface area (Å²) in [5, 5.41) is 0. The summed E-state index contributed by atoms with van der Waals surface area (Å²) in [6.45, 7) is 21.9. The lowest BCUT2D eigenvalue weighted by atomic mass is 9.94. The maximum Gasteiger partial charge on any atom is 0.232 e. The van der Waals surface area contributed by atoms with Gasteiger partial charge < -0.3 is 20.9 Å². The molecule has 0 spiro atoms. The second-order valence-electron chi connectivity index (χ2n) is 9.88. The first kappa shape index (κ1) is 27.8. The topological polar surface area (TPSA) is 103 Å². The van der Waals surface area contributed by atoms with E-state index in [0.29, 0.717) is 31.0 Å².